The fraction of sp³-hybridized carbons (Fsp3) is 0.649. The van der Waals surface area contributed by atoms with Crippen LogP contribution in [0.25, 0.3) is 0 Å². The van der Waals surface area contributed by atoms with Gasteiger partial charge in [-0.05, 0) is 82.3 Å². The van der Waals surface area contributed by atoms with Gasteiger partial charge >= 0.3 is 5.97 Å². The molecule has 2 atom stereocenters. The van der Waals surface area contributed by atoms with E-state index in [1.54, 1.807) is 12.1 Å². The van der Waals surface area contributed by atoms with E-state index in [9.17, 15) is 9.59 Å². The van der Waals surface area contributed by atoms with Gasteiger partial charge in [-0.25, -0.2) is 4.79 Å². The number of cyclic esters (lactones) is 1. The van der Waals surface area contributed by atoms with E-state index in [0.717, 1.165) is 32.4 Å². The second-order valence-corrected chi connectivity index (χ2v) is 18.6. The molecule has 2 aliphatic heterocycles. The minimum Gasteiger partial charge on any atom is -0.467 e. The molecule has 0 saturated carbocycles. The normalized spacial score (nSPS) is 21.7. The summed E-state index contributed by atoms with van der Waals surface area (Å²) in [6.45, 7) is 18.8. The maximum atomic E-state index is 13.9. The number of esters is 1. The third-order valence-corrected chi connectivity index (χ3v) is 13.4. The van der Waals surface area contributed by atoms with Crippen molar-refractivity contribution in [1.29, 1.82) is 0 Å². The molecule has 2 heterocycles. The van der Waals surface area contributed by atoms with Crippen molar-refractivity contribution in [1.82, 2.24) is 4.90 Å². The maximum Gasteiger partial charge on any atom is 0.342 e. The highest BCUT2D eigenvalue weighted by molar-refractivity contribution is 6.74. The number of ether oxygens (including phenoxy) is 5. The Kier molecular flexibility index (Phi) is 16.3. The number of oxime groups is 1. The second kappa shape index (κ2) is 19.9. The summed E-state index contributed by atoms with van der Waals surface area (Å²) in [5.74, 6) is 0.0492. The average Bonchev–Trinajstić information content (AvgIpc) is 3.04. The molecule has 1 fully saturated rings. The molecule has 0 aromatic heterocycles. The highest BCUT2D eigenvalue weighted by Crippen LogP contribution is 2.38. The molecule has 1 aromatic carbocycles. The molecule has 0 bridgehead atoms. The van der Waals surface area contributed by atoms with Gasteiger partial charge in [0.2, 0.25) is 0 Å². The minimum atomic E-state index is -2.10. The van der Waals surface area contributed by atoms with Crippen molar-refractivity contribution in [3.05, 3.63) is 47.6 Å². The number of fused-ring (bicyclic) bond motifs is 1. The first kappa shape index (κ1) is 40.2. The van der Waals surface area contributed by atoms with Crippen molar-refractivity contribution in [2.75, 3.05) is 46.5 Å². The number of amides is 1. The SMILES string of the molecule is CCOCOc1cc2c(c(OCOCC)c1)C(=O)O[C@H](C)C/C=C/[C@@H](O[Si](C)(C)C(C)(C)C)C/C=C/C(=N\OCC(=O)N1CCCCC1)C2. The summed E-state index contributed by atoms with van der Waals surface area (Å²) in [5.41, 5.74) is 1.29. The van der Waals surface area contributed by atoms with Gasteiger partial charge in [0.1, 0.15) is 23.2 Å². The van der Waals surface area contributed by atoms with Gasteiger partial charge in [-0.1, -0.05) is 44.2 Å². The Bertz CT molecular complexity index is 1300. The molecule has 3 rings (SSSR count). The Morgan fingerprint density at radius 2 is 1.69 bits per heavy atom. The summed E-state index contributed by atoms with van der Waals surface area (Å²) >= 11 is 0. The summed E-state index contributed by atoms with van der Waals surface area (Å²) in [6.07, 6.45) is 11.7. The lowest BCUT2D eigenvalue weighted by Crippen LogP contribution is -2.43. The zero-order chi connectivity index (χ0) is 35.9. The monoisotopic (exact) mass is 702 g/mol. The van der Waals surface area contributed by atoms with Crippen LogP contribution in [-0.2, 0) is 34.7 Å². The van der Waals surface area contributed by atoms with Gasteiger partial charge in [0.15, 0.2) is 28.5 Å². The molecule has 0 N–H and O–H groups in total. The highest BCUT2D eigenvalue weighted by Gasteiger charge is 2.38. The fourth-order valence-electron chi connectivity index (χ4n) is 5.09. The smallest absolute Gasteiger partial charge is 0.342 e. The zero-order valence-electron chi connectivity index (χ0n) is 30.9. The second-order valence-electron chi connectivity index (χ2n) is 13.9. The average molecular weight is 703 g/mol. The van der Waals surface area contributed by atoms with Crippen LogP contribution in [0.15, 0.2) is 41.6 Å². The molecule has 1 saturated heterocycles. The molecule has 2 aliphatic rings. The van der Waals surface area contributed by atoms with Gasteiger partial charge in [0, 0.05) is 45.2 Å². The van der Waals surface area contributed by atoms with E-state index >= 15 is 0 Å². The topological polar surface area (TPSA) is 114 Å². The van der Waals surface area contributed by atoms with Gasteiger partial charge in [-0.15, -0.1) is 0 Å². The molecule has 0 aliphatic carbocycles. The Labute approximate surface area is 294 Å². The molecule has 0 unspecified atom stereocenters. The summed E-state index contributed by atoms with van der Waals surface area (Å²) in [5, 5.41) is 4.45. The quantitative estimate of drug-likeness (QED) is 0.0526. The van der Waals surface area contributed by atoms with Gasteiger partial charge in [0.05, 0.1) is 11.8 Å². The number of rotatable bonds is 13. The van der Waals surface area contributed by atoms with Crippen LogP contribution >= 0.6 is 0 Å². The number of carbonyl (C=O) groups excluding carboxylic acids is 2. The number of piperidine rings is 1. The van der Waals surface area contributed by atoms with Crippen molar-refractivity contribution in [2.45, 2.75) is 110 Å². The Morgan fingerprint density at radius 3 is 2.37 bits per heavy atom. The number of hydrogen-bond donors (Lipinski definition) is 0. The van der Waals surface area contributed by atoms with Crippen LogP contribution in [0.1, 0.15) is 89.6 Å². The summed E-state index contributed by atoms with van der Waals surface area (Å²) in [6, 6.07) is 3.39. The Morgan fingerprint density at radius 1 is 1.00 bits per heavy atom. The first-order valence-electron chi connectivity index (χ1n) is 17.6. The molecule has 274 valence electrons. The van der Waals surface area contributed by atoms with E-state index < -0.39 is 20.4 Å². The zero-order valence-corrected chi connectivity index (χ0v) is 31.9. The lowest BCUT2D eigenvalue weighted by molar-refractivity contribution is -0.137. The van der Waals surface area contributed by atoms with E-state index in [2.05, 4.69) is 45.1 Å². The Balaban J connectivity index is 2.04. The van der Waals surface area contributed by atoms with Gasteiger partial charge in [-0.2, -0.15) is 0 Å². The van der Waals surface area contributed by atoms with Crippen LogP contribution < -0.4 is 9.47 Å². The molecule has 11 nitrogen and oxygen atoms in total. The molecule has 0 spiro atoms. The molecule has 49 heavy (non-hydrogen) atoms. The summed E-state index contributed by atoms with van der Waals surface area (Å²) in [7, 11) is -2.10. The third-order valence-electron chi connectivity index (χ3n) is 8.88. The van der Waals surface area contributed by atoms with Gasteiger partial charge < -0.3 is 37.8 Å². The lowest BCUT2D eigenvalue weighted by Gasteiger charge is -2.38. The molecule has 1 aromatic rings. The number of nitrogens with zero attached hydrogens (tertiary/aromatic N) is 2. The van der Waals surface area contributed by atoms with Crippen molar-refractivity contribution in [3.8, 4) is 11.5 Å². The number of benzene rings is 1. The number of allylic oxidation sites excluding steroid dienone is 1. The van der Waals surface area contributed by atoms with Gasteiger partial charge in [0.25, 0.3) is 5.91 Å². The van der Waals surface area contributed by atoms with Crippen LogP contribution in [0.3, 0.4) is 0 Å². The van der Waals surface area contributed by atoms with Crippen LogP contribution in [-0.4, -0.2) is 89.5 Å². The van der Waals surface area contributed by atoms with Gasteiger partial charge in [-0.3, -0.25) is 4.79 Å². The molecular formula is C37H58N2O9Si. The molecule has 1 amide bonds. The number of hydrogen-bond acceptors (Lipinski definition) is 10. The summed E-state index contributed by atoms with van der Waals surface area (Å²) < 4.78 is 35.4. The van der Waals surface area contributed by atoms with Crippen LogP contribution in [0.5, 0.6) is 11.5 Å². The van der Waals surface area contributed by atoms with Crippen molar-refractivity contribution >= 4 is 25.9 Å². The van der Waals surface area contributed by atoms with Crippen molar-refractivity contribution in [2.24, 2.45) is 5.16 Å². The predicted octanol–water partition coefficient (Wildman–Crippen LogP) is 7.20. The Hall–Kier alpha value is -3.19. The van der Waals surface area contributed by atoms with Crippen LogP contribution in [0.4, 0.5) is 0 Å². The van der Waals surface area contributed by atoms with E-state index in [1.165, 1.54) is 0 Å². The van der Waals surface area contributed by atoms with Crippen molar-refractivity contribution in [3.63, 3.8) is 0 Å². The van der Waals surface area contributed by atoms with E-state index in [1.807, 2.05) is 43.9 Å². The first-order chi connectivity index (χ1) is 23.3. The maximum absolute atomic E-state index is 13.9. The van der Waals surface area contributed by atoms with E-state index in [4.69, 9.17) is 32.9 Å². The molecular weight excluding hydrogens is 644 g/mol. The standard InChI is InChI=1S/C37H58N2O9Si/c1-9-42-26-44-32-23-29-22-30(38-46-25-34(40)39-20-12-11-13-21-39)17-15-19-31(48-49(7,8)37(4,5)6)18-14-16-28(3)47-36(41)35(29)33(24-32)45-27-43-10-2/h14-15,17-18,23-24,28,31H,9-13,16,19-22,25-27H2,1-8H3/b17-15+,18-14+,38-30+/t28-,31-/m1/s1. The minimum absolute atomic E-state index is 0.0200. The summed E-state index contributed by atoms with van der Waals surface area (Å²) in [4.78, 5) is 34.2. The third kappa shape index (κ3) is 13.2. The molecule has 0 radical (unpaired) electrons. The lowest BCUT2D eigenvalue weighted by atomic mass is 9.99. The van der Waals surface area contributed by atoms with E-state index in [-0.39, 0.29) is 55.0 Å². The fourth-order valence-corrected chi connectivity index (χ4v) is 6.37. The molecule has 12 heteroatoms. The van der Waals surface area contributed by atoms with Crippen LogP contribution in [0, 0.1) is 0 Å². The number of likely N-dealkylation sites (tertiary alicyclic amines) is 1. The van der Waals surface area contributed by atoms with Crippen molar-refractivity contribution < 1.29 is 42.5 Å². The largest absolute Gasteiger partial charge is 0.467 e. The van der Waals surface area contributed by atoms with Crippen LogP contribution in [0.2, 0.25) is 18.1 Å². The first-order valence-corrected chi connectivity index (χ1v) is 20.5. The predicted molar refractivity (Wildman–Crippen MR) is 193 cm³/mol. The van der Waals surface area contributed by atoms with E-state index in [0.29, 0.717) is 43.1 Å². The highest BCUT2D eigenvalue weighted by atomic mass is 28.4. The number of carbonyl (C=O) groups is 2.